The molecule has 18 heavy (non-hydrogen) atoms. The van der Waals surface area contributed by atoms with Gasteiger partial charge in [0.25, 0.3) is 0 Å². The number of hydrogen-bond acceptors (Lipinski definition) is 5. The van der Waals surface area contributed by atoms with Gasteiger partial charge in [0.2, 0.25) is 5.95 Å². The minimum absolute atomic E-state index is 0.556. The first kappa shape index (κ1) is 11.7. The second kappa shape index (κ2) is 5.10. The van der Waals surface area contributed by atoms with Gasteiger partial charge in [-0.05, 0) is 32.2 Å². The van der Waals surface area contributed by atoms with Crippen LogP contribution in [0.3, 0.4) is 0 Å². The van der Waals surface area contributed by atoms with Crippen molar-refractivity contribution in [3.05, 3.63) is 12.4 Å². The smallest absolute Gasteiger partial charge is 0.225 e. The number of ether oxygens (including phenoxy) is 1. The van der Waals surface area contributed by atoms with E-state index in [4.69, 9.17) is 4.74 Å². The summed E-state index contributed by atoms with van der Waals surface area (Å²) in [4.78, 5) is 11.2. The van der Waals surface area contributed by atoms with Gasteiger partial charge in [0.05, 0.1) is 19.5 Å². The van der Waals surface area contributed by atoms with E-state index >= 15 is 0 Å². The Morgan fingerprint density at radius 3 is 2.78 bits per heavy atom. The Morgan fingerprint density at radius 2 is 2.11 bits per heavy atom. The third-order valence-electron chi connectivity index (χ3n) is 3.97. The van der Waals surface area contributed by atoms with Crippen LogP contribution in [-0.2, 0) is 0 Å². The van der Waals surface area contributed by atoms with E-state index in [0.717, 1.165) is 19.0 Å². The summed E-state index contributed by atoms with van der Waals surface area (Å²) in [7, 11) is 1.64. The highest BCUT2D eigenvalue weighted by molar-refractivity contribution is 5.35. The van der Waals surface area contributed by atoms with Crippen LogP contribution in [-0.4, -0.2) is 42.3 Å². The number of nitrogens with one attached hydrogen (secondary N) is 1. The van der Waals surface area contributed by atoms with E-state index in [1.807, 2.05) is 0 Å². The van der Waals surface area contributed by atoms with Crippen LogP contribution in [0.2, 0.25) is 0 Å². The SMILES string of the molecule is COc1cnc(N2CCCC2C2CCCN2)nc1. The molecule has 0 aromatic carbocycles. The lowest BCUT2D eigenvalue weighted by Crippen LogP contribution is -2.44. The van der Waals surface area contributed by atoms with E-state index < -0.39 is 0 Å². The molecule has 3 heterocycles. The second-order valence-corrected chi connectivity index (χ2v) is 5.03. The van der Waals surface area contributed by atoms with Crippen molar-refractivity contribution in [2.24, 2.45) is 0 Å². The fourth-order valence-corrected chi connectivity index (χ4v) is 3.06. The summed E-state index contributed by atoms with van der Waals surface area (Å²) in [6, 6.07) is 1.17. The summed E-state index contributed by atoms with van der Waals surface area (Å²) >= 11 is 0. The quantitative estimate of drug-likeness (QED) is 0.871. The van der Waals surface area contributed by atoms with Crippen molar-refractivity contribution in [1.29, 1.82) is 0 Å². The summed E-state index contributed by atoms with van der Waals surface area (Å²) in [6.07, 6.45) is 8.54. The van der Waals surface area contributed by atoms with Crippen molar-refractivity contribution in [1.82, 2.24) is 15.3 Å². The first-order valence-electron chi connectivity index (χ1n) is 6.74. The molecule has 1 aromatic rings. The Morgan fingerprint density at radius 1 is 1.28 bits per heavy atom. The molecule has 2 aliphatic rings. The molecule has 2 aliphatic heterocycles. The summed E-state index contributed by atoms with van der Waals surface area (Å²) < 4.78 is 5.10. The van der Waals surface area contributed by atoms with E-state index in [1.54, 1.807) is 19.5 Å². The van der Waals surface area contributed by atoms with Crippen LogP contribution in [0.4, 0.5) is 5.95 Å². The Bertz CT molecular complexity index is 388. The standard InChI is InChI=1S/C13H20N4O/c1-18-10-8-15-13(16-9-10)17-7-3-5-12(17)11-4-2-6-14-11/h8-9,11-12,14H,2-7H2,1H3. The topological polar surface area (TPSA) is 50.3 Å². The molecule has 2 unspecified atom stereocenters. The van der Waals surface area contributed by atoms with E-state index in [0.29, 0.717) is 17.8 Å². The highest BCUT2D eigenvalue weighted by Crippen LogP contribution is 2.28. The predicted molar refractivity (Wildman–Crippen MR) is 70.0 cm³/mol. The van der Waals surface area contributed by atoms with Gasteiger partial charge < -0.3 is 15.0 Å². The lowest BCUT2D eigenvalue weighted by molar-refractivity contribution is 0.410. The molecule has 5 nitrogen and oxygen atoms in total. The molecule has 2 fully saturated rings. The van der Waals surface area contributed by atoms with Gasteiger partial charge in [0.15, 0.2) is 5.75 Å². The van der Waals surface area contributed by atoms with Crippen LogP contribution >= 0.6 is 0 Å². The second-order valence-electron chi connectivity index (χ2n) is 5.03. The molecule has 1 aromatic heterocycles. The van der Waals surface area contributed by atoms with Gasteiger partial charge in [-0.25, -0.2) is 9.97 Å². The number of aromatic nitrogens is 2. The molecule has 2 saturated heterocycles. The molecule has 0 amide bonds. The molecule has 5 heteroatoms. The number of rotatable bonds is 3. The van der Waals surface area contributed by atoms with Crippen LogP contribution in [0, 0.1) is 0 Å². The summed E-state index contributed by atoms with van der Waals surface area (Å²) in [5, 5.41) is 3.60. The molecule has 98 valence electrons. The minimum atomic E-state index is 0.556. The van der Waals surface area contributed by atoms with Gasteiger partial charge in [0, 0.05) is 18.6 Å². The molecule has 0 bridgehead atoms. The fraction of sp³-hybridized carbons (Fsp3) is 0.692. The summed E-state index contributed by atoms with van der Waals surface area (Å²) in [5.41, 5.74) is 0. The largest absolute Gasteiger partial charge is 0.494 e. The maximum Gasteiger partial charge on any atom is 0.225 e. The van der Waals surface area contributed by atoms with Crippen LogP contribution in [0.15, 0.2) is 12.4 Å². The van der Waals surface area contributed by atoms with Gasteiger partial charge >= 0.3 is 0 Å². The number of hydrogen-bond donors (Lipinski definition) is 1. The van der Waals surface area contributed by atoms with Gasteiger partial charge in [-0.3, -0.25) is 0 Å². The Balaban J connectivity index is 1.76. The zero-order valence-electron chi connectivity index (χ0n) is 10.8. The molecular weight excluding hydrogens is 228 g/mol. The summed E-state index contributed by atoms with van der Waals surface area (Å²) in [6.45, 7) is 2.22. The first-order chi connectivity index (χ1) is 8.88. The molecule has 0 saturated carbocycles. The average molecular weight is 248 g/mol. The zero-order chi connectivity index (χ0) is 12.4. The highest BCUT2D eigenvalue weighted by atomic mass is 16.5. The van der Waals surface area contributed by atoms with Crippen molar-refractivity contribution in [2.75, 3.05) is 25.1 Å². The van der Waals surface area contributed by atoms with E-state index in [-0.39, 0.29) is 0 Å². The third-order valence-corrected chi connectivity index (χ3v) is 3.97. The maximum atomic E-state index is 5.10. The molecule has 2 atom stereocenters. The number of anilines is 1. The van der Waals surface area contributed by atoms with Crippen LogP contribution in [0.25, 0.3) is 0 Å². The van der Waals surface area contributed by atoms with Crippen molar-refractivity contribution < 1.29 is 4.74 Å². The number of nitrogens with zero attached hydrogens (tertiary/aromatic N) is 3. The molecule has 0 radical (unpaired) electrons. The Hall–Kier alpha value is -1.36. The fourth-order valence-electron chi connectivity index (χ4n) is 3.06. The van der Waals surface area contributed by atoms with Crippen molar-refractivity contribution in [3.63, 3.8) is 0 Å². The lowest BCUT2D eigenvalue weighted by atomic mass is 10.0. The highest BCUT2D eigenvalue weighted by Gasteiger charge is 2.34. The minimum Gasteiger partial charge on any atom is -0.494 e. The van der Waals surface area contributed by atoms with Gasteiger partial charge in [0.1, 0.15) is 0 Å². The van der Waals surface area contributed by atoms with Crippen LogP contribution < -0.4 is 15.0 Å². The normalized spacial score (nSPS) is 27.7. The number of methoxy groups -OCH3 is 1. The van der Waals surface area contributed by atoms with Gasteiger partial charge in [-0.2, -0.15) is 0 Å². The van der Waals surface area contributed by atoms with Gasteiger partial charge in [-0.1, -0.05) is 0 Å². The van der Waals surface area contributed by atoms with Crippen molar-refractivity contribution >= 4 is 5.95 Å². The van der Waals surface area contributed by atoms with E-state index in [2.05, 4.69) is 20.2 Å². The van der Waals surface area contributed by atoms with Crippen LogP contribution in [0.5, 0.6) is 5.75 Å². The Labute approximate surface area is 108 Å². The molecule has 0 aliphatic carbocycles. The maximum absolute atomic E-state index is 5.10. The van der Waals surface area contributed by atoms with Crippen LogP contribution in [0.1, 0.15) is 25.7 Å². The molecule has 0 spiro atoms. The molecular formula is C13H20N4O. The monoisotopic (exact) mass is 248 g/mol. The zero-order valence-corrected chi connectivity index (χ0v) is 10.8. The molecule has 3 rings (SSSR count). The van der Waals surface area contributed by atoms with E-state index in [1.165, 1.54) is 25.7 Å². The van der Waals surface area contributed by atoms with Gasteiger partial charge in [-0.15, -0.1) is 0 Å². The lowest BCUT2D eigenvalue weighted by Gasteiger charge is -2.29. The predicted octanol–water partition coefficient (Wildman–Crippen LogP) is 1.21. The molecule has 1 N–H and O–H groups in total. The van der Waals surface area contributed by atoms with Crippen molar-refractivity contribution in [2.45, 2.75) is 37.8 Å². The Kier molecular flexibility index (Phi) is 3.32. The van der Waals surface area contributed by atoms with E-state index in [9.17, 15) is 0 Å². The summed E-state index contributed by atoms with van der Waals surface area (Å²) in [5.74, 6) is 1.56. The average Bonchev–Trinajstić information content (AvgIpc) is 3.09. The van der Waals surface area contributed by atoms with Crippen molar-refractivity contribution in [3.8, 4) is 5.75 Å². The third kappa shape index (κ3) is 2.14. The first-order valence-corrected chi connectivity index (χ1v) is 6.74.